The van der Waals surface area contributed by atoms with Crippen LogP contribution in [0.25, 0.3) is 100 Å². The molecule has 5 heteroatoms. The summed E-state index contributed by atoms with van der Waals surface area (Å²) in [6, 6.07) is 53.3. The molecule has 284 valence electrons. The van der Waals surface area contributed by atoms with Gasteiger partial charge in [-0.15, -0.1) is 0 Å². The minimum atomic E-state index is 0.178. The molecule has 0 amide bonds. The second-order valence-electron chi connectivity index (χ2n) is 16.7. The van der Waals surface area contributed by atoms with E-state index in [1.165, 1.54) is 27.8 Å². The van der Waals surface area contributed by atoms with E-state index in [1.54, 1.807) is 0 Å². The normalized spacial score (nSPS) is 20.1. The van der Waals surface area contributed by atoms with Crippen LogP contribution in [-0.4, -0.2) is 15.0 Å². The van der Waals surface area contributed by atoms with Crippen molar-refractivity contribution in [1.29, 1.82) is 0 Å². The molecular weight excluding hydrogens is 735 g/mol. The second-order valence-corrected chi connectivity index (χ2v) is 16.7. The Labute approximate surface area is 346 Å². The van der Waals surface area contributed by atoms with E-state index in [0.717, 1.165) is 72.6 Å². The van der Waals surface area contributed by atoms with Gasteiger partial charge in [0.25, 0.3) is 0 Å². The van der Waals surface area contributed by atoms with Gasteiger partial charge in [-0.05, 0) is 94.0 Å². The van der Waals surface area contributed by atoms with Gasteiger partial charge in [-0.3, -0.25) is 0 Å². The summed E-state index contributed by atoms with van der Waals surface area (Å²) in [6.45, 7) is 2.40. The van der Waals surface area contributed by atoms with Gasteiger partial charge in [-0.25, -0.2) is 15.0 Å². The number of aromatic nitrogens is 3. The average Bonchev–Trinajstić information content (AvgIpc) is 3.55. The maximum Gasteiger partial charge on any atom is 0.164 e. The lowest BCUT2D eigenvalue weighted by molar-refractivity contribution is 0.433. The zero-order valence-electron chi connectivity index (χ0n) is 32.8. The fourth-order valence-corrected chi connectivity index (χ4v) is 10.8. The van der Waals surface area contributed by atoms with Crippen LogP contribution in [0.3, 0.4) is 0 Å². The summed E-state index contributed by atoms with van der Waals surface area (Å²) in [5.74, 6) is 3.37. The zero-order valence-corrected chi connectivity index (χ0v) is 32.8. The van der Waals surface area contributed by atoms with Crippen LogP contribution in [0.4, 0.5) is 0 Å². The molecule has 1 spiro atoms. The maximum absolute atomic E-state index is 6.58. The minimum absolute atomic E-state index is 0.178. The number of para-hydroxylation sites is 1. The van der Waals surface area contributed by atoms with Crippen LogP contribution in [0.5, 0.6) is 0 Å². The smallest absolute Gasteiger partial charge is 0.164 e. The molecule has 60 heavy (non-hydrogen) atoms. The van der Waals surface area contributed by atoms with Crippen LogP contribution < -0.4 is 0 Å². The standard InChI is InChI=1S/C55H37N3O2/c1-32-13-9-10-28-55(32)44-31-36-16-5-6-17-37(36)42-29-34(24-26-38(42)51(44)55)35-25-27-46-43(30-35)50-41(20-12-23-48(50)60-46)54-57-52(33-14-3-2-4-15-33)56-53(58-54)40-19-11-22-47-49(40)39-18-7-8-21-45(39)59-47/h2-30,32,44,51H,31H2,1H3. The summed E-state index contributed by atoms with van der Waals surface area (Å²) >= 11 is 0. The van der Waals surface area contributed by atoms with Crippen LogP contribution >= 0.6 is 0 Å². The predicted octanol–water partition coefficient (Wildman–Crippen LogP) is 14.0. The Morgan fingerprint density at radius 3 is 1.93 bits per heavy atom. The molecule has 5 nitrogen and oxygen atoms in total. The van der Waals surface area contributed by atoms with E-state index in [0.29, 0.717) is 35.2 Å². The lowest BCUT2D eigenvalue weighted by Gasteiger charge is -2.25. The Balaban J connectivity index is 0.987. The van der Waals surface area contributed by atoms with E-state index in [4.69, 9.17) is 23.8 Å². The van der Waals surface area contributed by atoms with E-state index in [2.05, 4.69) is 110 Å². The average molecular weight is 772 g/mol. The summed E-state index contributed by atoms with van der Waals surface area (Å²) in [4.78, 5) is 15.6. The molecule has 0 aliphatic heterocycles. The van der Waals surface area contributed by atoms with E-state index < -0.39 is 0 Å². The Hall–Kier alpha value is -7.37. The highest BCUT2D eigenvalue weighted by Crippen LogP contribution is 2.73. The zero-order chi connectivity index (χ0) is 39.5. The first-order valence-corrected chi connectivity index (χ1v) is 20.9. The van der Waals surface area contributed by atoms with Crippen molar-refractivity contribution in [3.8, 4) is 56.4 Å². The summed E-state index contributed by atoms with van der Waals surface area (Å²) in [5.41, 5.74) is 14.1. The molecule has 0 saturated heterocycles. The molecule has 3 heterocycles. The number of hydrogen-bond donors (Lipinski definition) is 0. The van der Waals surface area contributed by atoms with Crippen molar-refractivity contribution < 1.29 is 8.83 Å². The summed E-state index contributed by atoms with van der Waals surface area (Å²) in [6.07, 6.45) is 10.5. The Kier molecular flexibility index (Phi) is 7.03. The predicted molar refractivity (Wildman–Crippen MR) is 241 cm³/mol. The highest BCUT2D eigenvalue weighted by Gasteiger charge is 2.66. The largest absolute Gasteiger partial charge is 0.456 e. The number of fused-ring (bicyclic) bond motifs is 13. The van der Waals surface area contributed by atoms with Crippen molar-refractivity contribution in [2.24, 2.45) is 17.3 Å². The van der Waals surface area contributed by atoms with Crippen LogP contribution in [0.15, 0.2) is 185 Å². The number of nitrogens with zero attached hydrogens (tertiary/aromatic N) is 3. The Morgan fingerprint density at radius 2 is 1.13 bits per heavy atom. The van der Waals surface area contributed by atoms with Crippen molar-refractivity contribution >= 4 is 43.9 Å². The van der Waals surface area contributed by atoms with Crippen molar-refractivity contribution in [1.82, 2.24) is 15.0 Å². The topological polar surface area (TPSA) is 65.0 Å². The molecule has 13 rings (SSSR count). The van der Waals surface area contributed by atoms with Crippen LogP contribution in [-0.2, 0) is 6.42 Å². The van der Waals surface area contributed by atoms with Gasteiger partial charge in [0.1, 0.15) is 22.3 Å². The van der Waals surface area contributed by atoms with Crippen LogP contribution in [0, 0.1) is 17.3 Å². The summed E-state index contributed by atoms with van der Waals surface area (Å²) < 4.78 is 12.9. The van der Waals surface area contributed by atoms with Gasteiger partial charge in [0, 0.05) is 43.7 Å². The van der Waals surface area contributed by atoms with E-state index in [1.807, 2.05) is 72.8 Å². The summed E-state index contributed by atoms with van der Waals surface area (Å²) in [5, 5.41) is 4.01. The molecule has 3 aliphatic rings. The third kappa shape index (κ3) is 4.83. The second kappa shape index (κ2) is 12.6. The van der Waals surface area contributed by atoms with E-state index in [9.17, 15) is 0 Å². The molecule has 4 atom stereocenters. The molecule has 4 unspecified atom stereocenters. The van der Waals surface area contributed by atoms with Crippen molar-refractivity contribution in [2.75, 3.05) is 0 Å². The molecule has 3 aliphatic carbocycles. The molecule has 0 radical (unpaired) electrons. The fourth-order valence-electron chi connectivity index (χ4n) is 10.8. The lowest BCUT2D eigenvalue weighted by Crippen LogP contribution is -2.16. The maximum atomic E-state index is 6.58. The molecule has 10 aromatic rings. The third-order valence-corrected chi connectivity index (χ3v) is 13.7. The number of rotatable bonds is 4. The number of benzene rings is 7. The lowest BCUT2D eigenvalue weighted by atomic mass is 9.79. The van der Waals surface area contributed by atoms with Gasteiger partial charge >= 0.3 is 0 Å². The van der Waals surface area contributed by atoms with Gasteiger partial charge < -0.3 is 8.83 Å². The molecule has 1 fully saturated rings. The minimum Gasteiger partial charge on any atom is -0.456 e. The van der Waals surface area contributed by atoms with Crippen molar-refractivity contribution in [3.05, 3.63) is 187 Å². The number of allylic oxidation sites excluding steroid dienone is 4. The fraction of sp³-hybridized carbons (Fsp3) is 0.109. The first kappa shape index (κ1) is 33.6. The Morgan fingerprint density at radius 1 is 0.500 bits per heavy atom. The third-order valence-electron chi connectivity index (χ3n) is 13.7. The van der Waals surface area contributed by atoms with Crippen LogP contribution in [0.1, 0.15) is 24.0 Å². The quantitative estimate of drug-likeness (QED) is 0.178. The SMILES string of the molecule is CC1C=CC=CC12C1Cc3ccccc3-c3cc(-c4ccc5oc6cccc(-c7nc(-c8ccccc8)nc(-c8cccc9oc%10ccccc%10c89)n7)c6c5c4)ccc3C12. The Bertz CT molecular complexity index is 3460. The highest BCUT2D eigenvalue weighted by atomic mass is 16.3. The number of furan rings is 2. The highest BCUT2D eigenvalue weighted by molar-refractivity contribution is 6.14. The van der Waals surface area contributed by atoms with Crippen molar-refractivity contribution in [3.63, 3.8) is 0 Å². The van der Waals surface area contributed by atoms with Crippen LogP contribution in [0.2, 0.25) is 0 Å². The van der Waals surface area contributed by atoms with E-state index in [-0.39, 0.29) is 5.41 Å². The van der Waals surface area contributed by atoms with Gasteiger partial charge in [0.05, 0.1) is 0 Å². The van der Waals surface area contributed by atoms with Crippen molar-refractivity contribution in [2.45, 2.75) is 19.3 Å². The molecule has 0 bridgehead atoms. The molecule has 1 saturated carbocycles. The first-order valence-electron chi connectivity index (χ1n) is 20.9. The van der Waals surface area contributed by atoms with Gasteiger partial charge in [-0.2, -0.15) is 0 Å². The van der Waals surface area contributed by atoms with Gasteiger partial charge in [-0.1, -0.05) is 146 Å². The molecule has 3 aromatic heterocycles. The molecule has 0 N–H and O–H groups in total. The number of hydrogen-bond acceptors (Lipinski definition) is 5. The van der Waals surface area contributed by atoms with Gasteiger partial charge in [0.2, 0.25) is 0 Å². The molecule has 7 aromatic carbocycles. The van der Waals surface area contributed by atoms with Gasteiger partial charge in [0.15, 0.2) is 17.5 Å². The molecular formula is C55H37N3O2. The monoisotopic (exact) mass is 771 g/mol. The first-order chi connectivity index (χ1) is 29.6. The van der Waals surface area contributed by atoms with E-state index >= 15 is 0 Å². The summed E-state index contributed by atoms with van der Waals surface area (Å²) in [7, 11) is 0.